The Morgan fingerprint density at radius 2 is 1.78 bits per heavy atom. The summed E-state index contributed by atoms with van der Waals surface area (Å²) in [6.45, 7) is 6.26. The fourth-order valence-electron chi connectivity index (χ4n) is 1.21. The molecule has 106 valence electrons. The minimum absolute atomic E-state index is 0.197. The number of carbonyl (C=O) groups is 2. The highest BCUT2D eigenvalue weighted by Crippen LogP contribution is 2.06. The fourth-order valence-corrected chi connectivity index (χ4v) is 2.16. The first-order valence-corrected chi connectivity index (χ1v) is 7.60. The SMILES string of the molecule is CC(=O)C(CS(C)(=O)=O)NCC(=O)OC(C)(C)C. The fraction of sp³-hybridized carbons (Fsp3) is 0.818. The summed E-state index contributed by atoms with van der Waals surface area (Å²) in [4.78, 5) is 22.6. The van der Waals surface area contributed by atoms with Crippen LogP contribution in [0.15, 0.2) is 0 Å². The van der Waals surface area contributed by atoms with E-state index in [0.29, 0.717) is 0 Å². The van der Waals surface area contributed by atoms with Crippen molar-refractivity contribution in [1.82, 2.24) is 5.32 Å². The second kappa shape index (κ2) is 6.29. The Morgan fingerprint density at radius 1 is 1.28 bits per heavy atom. The number of esters is 1. The van der Waals surface area contributed by atoms with Crippen LogP contribution >= 0.6 is 0 Å². The van der Waals surface area contributed by atoms with Gasteiger partial charge in [-0.1, -0.05) is 0 Å². The Hall–Kier alpha value is -0.950. The van der Waals surface area contributed by atoms with E-state index in [1.807, 2.05) is 0 Å². The van der Waals surface area contributed by atoms with E-state index in [2.05, 4.69) is 5.32 Å². The van der Waals surface area contributed by atoms with Crippen LogP contribution in [0.1, 0.15) is 27.7 Å². The van der Waals surface area contributed by atoms with Gasteiger partial charge in [0.05, 0.1) is 18.3 Å². The van der Waals surface area contributed by atoms with Gasteiger partial charge in [-0.2, -0.15) is 0 Å². The summed E-state index contributed by atoms with van der Waals surface area (Å²) in [5, 5.41) is 2.59. The first kappa shape index (κ1) is 17.1. The smallest absolute Gasteiger partial charge is 0.320 e. The van der Waals surface area contributed by atoms with Crippen LogP contribution in [0, 0.1) is 0 Å². The molecule has 1 atom stereocenters. The molecule has 0 aliphatic rings. The summed E-state index contributed by atoms with van der Waals surface area (Å²) in [5.41, 5.74) is -0.610. The van der Waals surface area contributed by atoms with Crippen molar-refractivity contribution in [2.24, 2.45) is 0 Å². The Kier molecular flexibility index (Phi) is 5.95. The topological polar surface area (TPSA) is 89.5 Å². The zero-order chi connectivity index (χ0) is 14.6. The summed E-state index contributed by atoms with van der Waals surface area (Å²) in [7, 11) is -3.29. The number of hydrogen-bond acceptors (Lipinski definition) is 6. The van der Waals surface area contributed by atoms with E-state index in [4.69, 9.17) is 4.74 Å². The third-order valence-corrected chi connectivity index (χ3v) is 2.81. The summed E-state index contributed by atoms with van der Waals surface area (Å²) in [5.74, 6) is -1.18. The standard InChI is InChI=1S/C11H21NO5S/c1-8(13)9(7-18(5,15)16)12-6-10(14)17-11(2,3)4/h9,12H,6-7H2,1-5H3. The van der Waals surface area contributed by atoms with Gasteiger partial charge >= 0.3 is 5.97 Å². The van der Waals surface area contributed by atoms with Crippen molar-refractivity contribution in [2.45, 2.75) is 39.3 Å². The predicted molar refractivity (Wildman–Crippen MR) is 68.0 cm³/mol. The number of rotatable bonds is 6. The van der Waals surface area contributed by atoms with Gasteiger partial charge in [-0.3, -0.25) is 14.9 Å². The van der Waals surface area contributed by atoms with Crippen molar-refractivity contribution in [3.05, 3.63) is 0 Å². The molecule has 0 bridgehead atoms. The quantitative estimate of drug-likeness (QED) is 0.684. The highest BCUT2D eigenvalue weighted by molar-refractivity contribution is 7.90. The Balaban J connectivity index is 4.38. The molecule has 0 amide bonds. The maximum atomic E-state index is 11.4. The molecule has 1 N–H and O–H groups in total. The average molecular weight is 279 g/mol. The molecule has 0 heterocycles. The molecule has 0 saturated heterocycles. The highest BCUT2D eigenvalue weighted by Gasteiger charge is 2.22. The minimum atomic E-state index is -3.29. The van der Waals surface area contributed by atoms with Gasteiger partial charge in [0.25, 0.3) is 0 Å². The molecule has 0 aromatic rings. The van der Waals surface area contributed by atoms with Gasteiger partial charge in [-0.25, -0.2) is 8.42 Å². The maximum absolute atomic E-state index is 11.4. The van der Waals surface area contributed by atoms with Crippen LogP contribution in [0.5, 0.6) is 0 Å². The monoisotopic (exact) mass is 279 g/mol. The van der Waals surface area contributed by atoms with E-state index in [-0.39, 0.29) is 18.1 Å². The molecular weight excluding hydrogens is 258 g/mol. The number of nitrogens with one attached hydrogen (secondary N) is 1. The van der Waals surface area contributed by atoms with Gasteiger partial charge in [-0.05, 0) is 27.7 Å². The molecule has 7 heteroatoms. The van der Waals surface area contributed by atoms with Crippen molar-refractivity contribution in [2.75, 3.05) is 18.6 Å². The van der Waals surface area contributed by atoms with Crippen molar-refractivity contribution in [3.63, 3.8) is 0 Å². The largest absolute Gasteiger partial charge is 0.459 e. The Labute approximate surface area is 108 Å². The lowest BCUT2D eigenvalue weighted by Gasteiger charge is -2.21. The highest BCUT2D eigenvalue weighted by atomic mass is 32.2. The molecule has 1 unspecified atom stereocenters. The summed E-state index contributed by atoms with van der Waals surface area (Å²) >= 11 is 0. The molecule has 0 radical (unpaired) electrons. The van der Waals surface area contributed by atoms with E-state index in [0.717, 1.165) is 6.26 Å². The summed E-state index contributed by atoms with van der Waals surface area (Å²) in [6, 6.07) is -0.882. The van der Waals surface area contributed by atoms with Gasteiger partial charge in [0.1, 0.15) is 21.2 Å². The van der Waals surface area contributed by atoms with E-state index < -0.39 is 27.4 Å². The van der Waals surface area contributed by atoms with Crippen LogP contribution in [0.4, 0.5) is 0 Å². The molecule has 18 heavy (non-hydrogen) atoms. The van der Waals surface area contributed by atoms with Gasteiger partial charge in [0.2, 0.25) is 0 Å². The van der Waals surface area contributed by atoms with E-state index in [1.165, 1.54) is 6.92 Å². The lowest BCUT2D eigenvalue weighted by Crippen LogP contribution is -2.44. The van der Waals surface area contributed by atoms with Crippen LogP contribution in [0.2, 0.25) is 0 Å². The van der Waals surface area contributed by atoms with Crippen LogP contribution in [0.3, 0.4) is 0 Å². The molecule has 0 aliphatic heterocycles. The molecule has 6 nitrogen and oxygen atoms in total. The number of ketones is 1. The zero-order valence-corrected chi connectivity index (χ0v) is 12.3. The molecule has 0 aromatic heterocycles. The van der Waals surface area contributed by atoms with Crippen molar-refractivity contribution in [1.29, 1.82) is 0 Å². The van der Waals surface area contributed by atoms with Crippen LogP contribution in [-0.2, 0) is 24.2 Å². The normalized spacial score (nSPS) is 14.1. The predicted octanol–water partition coefficient (Wildman–Crippen LogP) is -0.0801. The second-order valence-electron chi connectivity index (χ2n) is 5.22. The Morgan fingerprint density at radius 3 is 2.11 bits per heavy atom. The molecule has 0 fully saturated rings. The number of sulfone groups is 1. The third kappa shape index (κ3) is 9.12. The minimum Gasteiger partial charge on any atom is -0.459 e. The average Bonchev–Trinajstić information content (AvgIpc) is 2.06. The first-order chi connectivity index (χ1) is 7.91. The van der Waals surface area contributed by atoms with Gasteiger partial charge < -0.3 is 4.74 Å². The number of Topliss-reactive ketones (excluding diaryl/α,β-unsaturated/α-hetero) is 1. The third-order valence-electron chi connectivity index (χ3n) is 1.87. The summed E-state index contributed by atoms with van der Waals surface area (Å²) < 4.78 is 27.3. The molecule has 0 aliphatic carbocycles. The number of ether oxygens (including phenoxy) is 1. The van der Waals surface area contributed by atoms with E-state index in [9.17, 15) is 18.0 Å². The number of carbonyl (C=O) groups excluding carboxylic acids is 2. The molecule has 0 aromatic carbocycles. The zero-order valence-electron chi connectivity index (χ0n) is 11.4. The lowest BCUT2D eigenvalue weighted by atomic mass is 10.2. The maximum Gasteiger partial charge on any atom is 0.320 e. The molecule has 0 rings (SSSR count). The van der Waals surface area contributed by atoms with Crippen LogP contribution < -0.4 is 5.32 Å². The van der Waals surface area contributed by atoms with Gasteiger partial charge in [-0.15, -0.1) is 0 Å². The second-order valence-corrected chi connectivity index (χ2v) is 7.41. The van der Waals surface area contributed by atoms with Crippen molar-refractivity contribution >= 4 is 21.6 Å². The van der Waals surface area contributed by atoms with Crippen molar-refractivity contribution < 1.29 is 22.7 Å². The van der Waals surface area contributed by atoms with Gasteiger partial charge in [0.15, 0.2) is 0 Å². The molecule has 0 spiro atoms. The molecular formula is C11H21NO5S. The Bertz CT molecular complexity index is 408. The number of hydrogen-bond donors (Lipinski definition) is 1. The first-order valence-electron chi connectivity index (χ1n) is 5.54. The van der Waals surface area contributed by atoms with Crippen LogP contribution in [0.25, 0.3) is 0 Å². The lowest BCUT2D eigenvalue weighted by molar-refractivity contribution is -0.153. The molecule has 0 saturated carbocycles. The van der Waals surface area contributed by atoms with Gasteiger partial charge in [0, 0.05) is 6.26 Å². The van der Waals surface area contributed by atoms with Crippen molar-refractivity contribution in [3.8, 4) is 0 Å². The van der Waals surface area contributed by atoms with Crippen LogP contribution in [-0.4, -0.2) is 50.4 Å². The van der Waals surface area contributed by atoms with E-state index in [1.54, 1.807) is 20.8 Å². The summed E-state index contributed by atoms with van der Waals surface area (Å²) in [6.07, 6.45) is 1.04. The van der Waals surface area contributed by atoms with E-state index >= 15 is 0 Å².